The monoisotopic (exact) mass is 314 g/mol. The fourth-order valence-electron chi connectivity index (χ4n) is 2.83. The van der Waals surface area contributed by atoms with Gasteiger partial charge in [0.05, 0.1) is 13.7 Å². The molecule has 2 rings (SSSR count). The van der Waals surface area contributed by atoms with Gasteiger partial charge in [-0.05, 0) is 24.6 Å². The second kappa shape index (κ2) is 8.29. The molecule has 4 nitrogen and oxygen atoms in total. The molecular formula is C16H24F2N2O2. The molecule has 1 heterocycles. The number of ether oxygens (including phenoxy) is 2. The van der Waals surface area contributed by atoms with E-state index in [4.69, 9.17) is 9.47 Å². The van der Waals surface area contributed by atoms with Gasteiger partial charge in [0.1, 0.15) is 0 Å². The summed E-state index contributed by atoms with van der Waals surface area (Å²) in [5.41, 5.74) is 0.853. The van der Waals surface area contributed by atoms with Crippen LogP contribution in [0, 0.1) is 0 Å². The van der Waals surface area contributed by atoms with Gasteiger partial charge in [-0.2, -0.15) is 0 Å². The van der Waals surface area contributed by atoms with Gasteiger partial charge in [0, 0.05) is 38.6 Å². The highest BCUT2D eigenvalue weighted by Crippen LogP contribution is 2.34. The summed E-state index contributed by atoms with van der Waals surface area (Å²) in [6.07, 6.45) is -2.50. The molecule has 1 N–H and O–H groups in total. The lowest BCUT2D eigenvalue weighted by Gasteiger charge is -2.35. The summed E-state index contributed by atoms with van der Waals surface area (Å²) < 4.78 is 36.9. The largest absolute Gasteiger partial charge is 0.493 e. The van der Waals surface area contributed by atoms with Crippen molar-refractivity contribution in [2.45, 2.75) is 25.8 Å². The first-order chi connectivity index (χ1) is 10.7. The molecule has 1 aliphatic heterocycles. The maximum Gasteiger partial charge on any atom is 0.240 e. The van der Waals surface area contributed by atoms with Crippen molar-refractivity contribution in [3.05, 3.63) is 23.8 Å². The molecule has 0 radical (unpaired) electrons. The third kappa shape index (κ3) is 4.30. The predicted octanol–water partition coefficient (Wildman–Crippen LogP) is 2.70. The molecule has 0 aliphatic carbocycles. The number of hydrogen-bond acceptors (Lipinski definition) is 4. The van der Waals surface area contributed by atoms with E-state index in [0.717, 1.165) is 31.7 Å². The average Bonchev–Trinajstić information content (AvgIpc) is 2.53. The Balaban J connectivity index is 2.27. The maximum atomic E-state index is 13.0. The molecule has 0 bridgehead atoms. The number of nitrogens with zero attached hydrogens (tertiary/aromatic N) is 1. The van der Waals surface area contributed by atoms with Gasteiger partial charge >= 0.3 is 0 Å². The van der Waals surface area contributed by atoms with E-state index in [1.807, 2.05) is 19.1 Å². The van der Waals surface area contributed by atoms with E-state index in [1.54, 1.807) is 13.2 Å². The van der Waals surface area contributed by atoms with Gasteiger partial charge in [-0.1, -0.05) is 6.07 Å². The number of alkyl halides is 2. The van der Waals surface area contributed by atoms with Crippen molar-refractivity contribution >= 4 is 0 Å². The summed E-state index contributed by atoms with van der Waals surface area (Å²) in [6, 6.07) is 5.18. The molecule has 1 saturated heterocycles. The van der Waals surface area contributed by atoms with E-state index in [9.17, 15) is 8.78 Å². The molecule has 1 fully saturated rings. The summed E-state index contributed by atoms with van der Waals surface area (Å²) in [6.45, 7) is 5.59. The lowest BCUT2D eigenvalue weighted by Crippen LogP contribution is -2.45. The summed E-state index contributed by atoms with van der Waals surface area (Å²) in [5.74, 6) is 1.23. The van der Waals surface area contributed by atoms with E-state index in [2.05, 4.69) is 10.2 Å². The highest BCUT2D eigenvalue weighted by molar-refractivity contribution is 5.44. The number of piperazine rings is 1. The summed E-state index contributed by atoms with van der Waals surface area (Å²) in [4.78, 5) is 2.11. The normalized spacial score (nSPS) is 17.5. The van der Waals surface area contributed by atoms with Crippen LogP contribution >= 0.6 is 0 Å². The van der Waals surface area contributed by atoms with Crippen molar-refractivity contribution < 1.29 is 18.3 Å². The van der Waals surface area contributed by atoms with Crippen molar-refractivity contribution in [3.8, 4) is 11.5 Å². The Morgan fingerprint density at radius 2 is 1.95 bits per heavy atom. The van der Waals surface area contributed by atoms with Crippen molar-refractivity contribution in [1.29, 1.82) is 0 Å². The van der Waals surface area contributed by atoms with Gasteiger partial charge in [0.2, 0.25) is 6.43 Å². The second-order valence-corrected chi connectivity index (χ2v) is 5.27. The summed E-state index contributed by atoms with van der Waals surface area (Å²) >= 11 is 0. The number of halogens is 2. The standard InChI is InChI=1S/C16H24F2N2O2/c1-3-22-15-10-12(4-5-14(15)21-2)13(11-16(17)18)20-8-6-19-7-9-20/h4-5,10,13,16,19H,3,6-9,11H2,1-2H3/t13-/m1/s1. The van der Waals surface area contributed by atoms with Gasteiger partial charge < -0.3 is 14.8 Å². The summed E-state index contributed by atoms with van der Waals surface area (Å²) in [5, 5.41) is 3.25. The number of hydrogen-bond donors (Lipinski definition) is 1. The van der Waals surface area contributed by atoms with E-state index in [1.165, 1.54) is 0 Å². The average molecular weight is 314 g/mol. The molecular weight excluding hydrogens is 290 g/mol. The van der Waals surface area contributed by atoms with Gasteiger partial charge in [-0.3, -0.25) is 4.90 Å². The predicted molar refractivity (Wildman–Crippen MR) is 82.0 cm³/mol. The minimum absolute atomic E-state index is 0.169. The van der Waals surface area contributed by atoms with Crippen LogP contribution in [0.4, 0.5) is 8.78 Å². The Hall–Kier alpha value is -1.40. The first-order valence-corrected chi connectivity index (χ1v) is 7.69. The lowest BCUT2D eigenvalue weighted by molar-refractivity contribution is 0.0738. The van der Waals surface area contributed by atoms with Crippen LogP contribution in [0.3, 0.4) is 0 Å². The lowest BCUT2D eigenvalue weighted by atomic mass is 10.0. The van der Waals surface area contributed by atoms with Crippen molar-refractivity contribution in [1.82, 2.24) is 10.2 Å². The quantitative estimate of drug-likeness (QED) is 0.839. The van der Waals surface area contributed by atoms with Crippen LogP contribution in [-0.4, -0.2) is 51.2 Å². The highest BCUT2D eigenvalue weighted by Gasteiger charge is 2.26. The zero-order valence-electron chi connectivity index (χ0n) is 13.1. The zero-order valence-corrected chi connectivity index (χ0v) is 13.1. The van der Waals surface area contributed by atoms with Crippen LogP contribution in [0.1, 0.15) is 24.9 Å². The molecule has 6 heteroatoms. The number of nitrogens with one attached hydrogen (secondary N) is 1. The molecule has 0 unspecified atom stereocenters. The molecule has 1 aromatic carbocycles. The first kappa shape index (κ1) is 17.0. The fourth-order valence-corrected chi connectivity index (χ4v) is 2.83. The Morgan fingerprint density at radius 3 is 2.55 bits per heavy atom. The van der Waals surface area contributed by atoms with E-state index >= 15 is 0 Å². The minimum atomic E-state index is -2.34. The Labute approximate surface area is 130 Å². The second-order valence-electron chi connectivity index (χ2n) is 5.27. The Kier molecular flexibility index (Phi) is 6.39. The molecule has 1 aliphatic rings. The smallest absolute Gasteiger partial charge is 0.240 e. The third-order valence-electron chi connectivity index (χ3n) is 3.87. The third-order valence-corrected chi connectivity index (χ3v) is 3.87. The molecule has 124 valence electrons. The van der Waals surface area contributed by atoms with Crippen LogP contribution in [-0.2, 0) is 0 Å². The van der Waals surface area contributed by atoms with Crippen molar-refractivity contribution in [3.63, 3.8) is 0 Å². The fraction of sp³-hybridized carbons (Fsp3) is 0.625. The van der Waals surface area contributed by atoms with Gasteiger partial charge in [0.15, 0.2) is 11.5 Å². The van der Waals surface area contributed by atoms with Crippen LogP contribution in [0.5, 0.6) is 11.5 Å². The molecule has 0 saturated carbocycles. The molecule has 1 aromatic rings. The Bertz CT molecular complexity index is 465. The van der Waals surface area contributed by atoms with Crippen molar-refractivity contribution in [2.75, 3.05) is 39.9 Å². The SMILES string of the molecule is CCOc1cc([C@@H](CC(F)F)N2CCNCC2)ccc1OC. The minimum Gasteiger partial charge on any atom is -0.493 e. The van der Waals surface area contributed by atoms with E-state index in [-0.39, 0.29) is 12.5 Å². The van der Waals surface area contributed by atoms with Crippen LogP contribution < -0.4 is 14.8 Å². The Morgan fingerprint density at radius 1 is 1.23 bits per heavy atom. The number of methoxy groups -OCH3 is 1. The van der Waals surface area contributed by atoms with Gasteiger partial charge in [-0.15, -0.1) is 0 Å². The molecule has 22 heavy (non-hydrogen) atoms. The maximum absolute atomic E-state index is 13.0. The topological polar surface area (TPSA) is 33.7 Å². The number of rotatable bonds is 7. The van der Waals surface area contributed by atoms with Crippen LogP contribution in [0.15, 0.2) is 18.2 Å². The van der Waals surface area contributed by atoms with Crippen LogP contribution in [0.2, 0.25) is 0 Å². The van der Waals surface area contributed by atoms with E-state index < -0.39 is 6.43 Å². The molecule has 0 amide bonds. The molecule has 0 aromatic heterocycles. The molecule has 1 atom stereocenters. The highest BCUT2D eigenvalue weighted by atomic mass is 19.3. The van der Waals surface area contributed by atoms with Crippen LogP contribution in [0.25, 0.3) is 0 Å². The summed E-state index contributed by atoms with van der Waals surface area (Å²) in [7, 11) is 1.57. The zero-order chi connectivity index (χ0) is 15.9. The van der Waals surface area contributed by atoms with Crippen molar-refractivity contribution in [2.24, 2.45) is 0 Å². The first-order valence-electron chi connectivity index (χ1n) is 7.69. The van der Waals surface area contributed by atoms with Gasteiger partial charge in [-0.25, -0.2) is 8.78 Å². The van der Waals surface area contributed by atoms with E-state index in [0.29, 0.717) is 18.1 Å². The van der Waals surface area contributed by atoms with Gasteiger partial charge in [0.25, 0.3) is 0 Å². The number of benzene rings is 1. The molecule has 0 spiro atoms.